The van der Waals surface area contributed by atoms with Gasteiger partial charge in [-0.2, -0.15) is 0 Å². The highest BCUT2D eigenvalue weighted by Gasteiger charge is 2.21. The summed E-state index contributed by atoms with van der Waals surface area (Å²) >= 11 is 12.1. The van der Waals surface area contributed by atoms with Crippen molar-refractivity contribution in [1.29, 1.82) is 0 Å². The molecule has 5 nitrogen and oxygen atoms in total. The highest BCUT2D eigenvalue weighted by Crippen LogP contribution is 2.25. The molecule has 0 saturated heterocycles. The van der Waals surface area contributed by atoms with E-state index in [0.717, 1.165) is 11.8 Å². The van der Waals surface area contributed by atoms with Gasteiger partial charge >= 0.3 is 5.97 Å². The van der Waals surface area contributed by atoms with Crippen LogP contribution in [0.15, 0.2) is 28.9 Å². The van der Waals surface area contributed by atoms with E-state index in [2.05, 4.69) is 30.7 Å². The van der Waals surface area contributed by atoms with Crippen molar-refractivity contribution in [2.24, 2.45) is 5.92 Å². The number of hydrogen-bond donors (Lipinski definition) is 1. The minimum Gasteiger partial charge on any atom is -0.476 e. The van der Waals surface area contributed by atoms with E-state index < -0.39 is 5.97 Å². The zero-order valence-electron chi connectivity index (χ0n) is 13.8. The Morgan fingerprint density at radius 2 is 1.96 bits per heavy atom. The molecule has 0 aliphatic rings. The Morgan fingerprint density at radius 3 is 2.50 bits per heavy atom. The zero-order chi connectivity index (χ0) is 17.9. The summed E-state index contributed by atoms with van der Waals surface area (Å²) in [4.78, 5) is 17.1. The minimum atomic E-state index is -1.10. The first-order valence-corrected chi connectivity index (χ1v) is 8.39. The maximum Gasteiger partial charge on any atom is 0.357 e. The van der Waals surface area contributed by atoms with E-state index in [-0.39, 0.29) is 11.7 Å². The second-order valence-electron chi connectivity index (χ2n) is 6.07. The molecular formula is C17H20Cl2N2O3. The molecule has 1 unspecified atom stereocenters. The fourth-order valence-corrected chi connectivity index (χ4v) is 2.61. The molecule has 1 aromatic heterocycles. The van der Waals surface area contributed by atoms with E-state index in [1.807, 2.05) is 12.1 Å². The number of nitrogens with zero attached hydrogens (tertiary/aromatic N) is 2. The van der Waals surface area contributed by atoms with Gasteiger partial charge in [-0.3, -0.25) is 4.90 Å². The van der Waals surface area contributed by atoms with Gasteiger partial charge in [0.15, 0.2) is 5.69 Å². The van der Waals surface area contributed by atoms with Crippen LogP contribution in [-0.4, -0.2) is 27.0 Å². The standard InChI is InChI=1S/C17H20Cl2N2O3/c1-10(2)11(3)21(7-12-4-5-13(18)14(19)6-12)8-16-20-15(9-24-16)17(22)23/h4-6,9-11H,7-8H2,1-3H3,(H,22,23). The van der Waals surface area contributed by atoms with Gasteiger partial charge in [0, 0.05) is 12.6 Å². The van der Waals surface area contributed by atoms with E-state index in [9.17, 15) is 4.79 Å². The highest BCUT2D eigenvalue weighted by atomic mass is 35.5. The lowest BCUT2D eigenvalue weighted by atomic mass is 10.0. The molecule has 0 bridgehead atoms. The van der Waals surface area contributed by atoms with Crippen molar-refractivity contribution in [1.82, 2.24) is 9.88 Å². The van der Waals surface area contributed by atoms with Gasteiger partial charge < -0.3 is 9.52 Å². The van der Waals surface area contributed by atoms with E-state index in [1.54, 1.807) is 6.07 Å². The van der Waals surface area contributed by atoms with Crippen LogP contribution in [0.5, 0.6) is 0 Å². The van der Waals surface area contributed by atoms with Gasteiger partial charge in [-0.05, 0) is 30.5 Å². The summed E-state index contributed by atoms with van der Waals surface area (Å²) in [6.07, 6.45) is 1.16. The third kappa shape index (κ3) is 4.72. The van der Waals surface area contributed by atoms with Gasteiger partial charge in [0.2, 0.25) is 5.89 Å². The van der Waals surface area contributed by atoms with Crippen LogP contribution in [0.2, 0.25) is 10.0 Å². The molecule has 0 amide bonds. The lowest BCUT2D eigenvalue weighted by Crippen LogP contribution is -2.35. The van der Waals surface area contributed by atoms with Crippen LogP contribution in [0.3, 0.4) is 0 Å². The first-order valence-electron chi connectivity index (χ1n) is 7.63. The molecule has 24 heavy (non-hydrogen) atoms. The molecule has 130 valence electrons. The summed E-state index contributed by atoms with van der Waals surface area (Å²) < 4.78 is 5.29. The van der Waals surface area contributed by atoms with Crippen LogP contribution in [0.1, 0.15) is 42.7 Å². The van der Waals surface area contributed by atoms with Gasteiger partial charge in [0.25, 0.3) is 0 Å². The molecule has 2 aromatic rings. The van der Waals surface area contributed by atoms with Crippen molar-refractivity contribution in [2.45, 2.75) is 39.9 Å². The maximum atomic E-state index is 10.9. The van der Waals surface area contributed by atoms with Crippen molar-refractivity contribution in [3.63, 3.8) is 0 Å². The first kappa shape index (κ1) is 18.8. The summed E-state index contributed by atoms with van der Waals surface area (Å²) in [7, 11) is 0. The van der Waals surface area contributed by atoms with Crippen molar-refractivity contribution >= 4 is 29.2 Å². The third-order valence-corrected chi connectivity index (χ3v) is 4.76. The second kappa shape index (κ2) is 8.01. The summed E-state index contributed by atoms with van der Waals surface area (Å²) in [6.45, 7) is 7.41. The minimum absolute atomic E-state index is 0.0864. The van der Waals surface area contributed by atoms with Crippen molar-refractivity contribution < 1.29 is 14.3 Å². The molecule has 2 rings (SSSR count). The van der Waals surface area contributed by atoms with Gasteiger partial charge in [-0.1, -0.05) is 43.1 Å². The molecule has 1 aromatic carbocycles. The largest absolute Gasteiger partial charge is 0.476 e. The van der Waals surface area contributed by atoms with Gasteiger partial charge in [0.1, 0.15) is 6.26 Å². The Hall–Kier alpha value is -1.56. The SMILES string of the molecule is CC(C)C(C)N(Cc1ccc(Cl)c(Cl)c1)Cc1nc(C(=O)O)co1. The van der Waals surface area contributed by atoms with Crippen molar-refractivity contribution in [2.75, 3.05) is 0 Å². The van der Waals surface area contributed by atoms with Crippen LogP contribution in [0.4, 0.5) is 0 Å². The second-order valence-corrected chi connectivity index (χ2v) is 6.88. The number of carboxylic acids is 1. The molecule has 0 spiro atoms. The maximum absolute atomic E-state index is 10.9. The Morgan fingerprint density at radius 1 is 1.25 bits per heavy atom. The van der Waals surface area contributed by atoms with E-state index >= 15 is 0 Å². The lowest BCUT2D eigenvalue weighted by Gasteiger charge is -2.30. The van der Waals surface area contributed by atoms with Crippen LogP contribution in [-0.2, 0) is 13.1 Å². The van der Waals surface area contributed by atoms with E-state index in [0.29, 0.717) is 34.9 Å². The Balaban J connectivity index is 2.20. The summed E-state index contributed by atoms with van der Waals surface area (Å²) in [6, 6.07) is 5.76. The van der Waals surface area contributed by atoms with Crippen molar-refractivity contribution in [3.8, 4) is 0 Å². The van der Waals surface area contributed by atoms with Gasteiger partial charge in [0.05, 0.1) is 16.6 Å². The van der Waals surface area contributed by atoms with Crippen LogP contribution < -0.4 is 0 Å². The van der Waals surface area contributed by atoms with Crippen LogP contribution in [0.25, 0.3) is 0 Å². The highest BCUT2D eigenvalue weighted by molar-refractivity contribution is 6.42. The summed E-state index contributed by atoms with van der Waals surface area (Å²) in [5.41, 5.74) is 0.929. The molecule has 0 radical (unpaired) electrons. The van der Waals surface area contributed by atoms with Gasteiger partial charge in [-0.25, -0.2) is 9.78 Å². The van der Waals surface area contributed by atoms with Crippen LogP contribution in [0, 0.1) is 5.92 Å². The quantitative estimate of drug-likeness (QED) is 0.762. The lowest BCUT2D eigenvalue weighted by molar-refractivity contribution is 0.0690. The van der Waals surface area contributed by atoms with E-state index in [1.165, 1.54) is 0 Å². The molecule has 7 heteroatoms. The monoisotopic (exact) mass is 370 g/mol. The van der Waals surface area contributed by atoms with Crippen LogP contribution >= 0.6 is 23.2 Å². The average molecular weight is 371 g/mol. The molecule has 1 N–H and O–H groups in total. The fraction of sp³-hybridized carbons (Fsp3) is 0.412. The Labute approximate surface area is 151 Å². The molecule has 0 aliphatic heterocycles. The first-order chi connectivity index (χ1) is 11.3. The number of hydrogen-bond acceptors (Lipinski definition) is 4. The smallest absolute Gasteiger partial charge is 0.357 e. The molecule has 0 saturated carbocycles. The fourth-order valence-electron chi connectivity index (χ4n) is 2.29. The zero-order valence-corrected chi connectivity index (χ0v) is 15.3. The number of aromatic nitrogens is 1. The van der Waals surface area contributed by atoms with Crippen molar-refractivity contribution in [3.05, 3.63) is 51.7 Å². The summed E-state index contributed by atoms with van der Waals surface area (Å²) in [5.74, 6) is -0.320. The number of aromatic carboxylic acids is 1. The predicted octanol–water partition coefficient (Wildman–Crippen LogP) is 4.73. The molecule has 0 fully saturated rings. The number of oxazole rings is 1. The predicted molar refractivity (Wildman–Crippen MR) is 93.5 cm³/mol. The molecule has 1 atom stereocenters. The number of halogens is 2. The number of benzene rings is 1. The van der Waals surface area contributed by atoms with E-state index in [4.69, 9.17) is 32.7 Å². The molecule has 0 aliphatic carbocycles. The summed E-state index contributed by atoms with van der Waals surface area (Å²) in [5, 5.41) is 9.98. The third-order valence-electron chi connectivity index (χ3n) is 4.02. The topological polar surface area (TPSA) is 66.6 Å². The van der Waals surface area contributed by atoms with Gasteiger partial charge in [-0.15, -0.1) is 0 Å². The number of carboxylic acid groups (broad SMARTS) is 1. The molecule has 1 heterocycles. The Kier molecular flexibility index (Phi) is 6.27. The molecular weight excluding hydrogens is 351 g/mol. The normalized spacial score (nSPS) is 12.8. The number of carbonyl (C=O) groups is 1. The number of rotatable bonds is 7. The Bertz CT molecular complexity index is 716. The average Bonchev–Trinajstić information content (AvgIpc) is 2.98.